The van der Waals surface area contributed by atoms with Crippen LogP contribution in [-0.2, 0) is 19.2 Å². The van der Waals surface area contributed by atoms with E-state index in [-0.39, 0.29) is 23.6 Å². The summed E-state index contributed by atoms with van der Waals surface area (Å²) in [6, 6.07) is 11.7. The van der Waals surface area contributed by atoms with Crippen LogP contribution in [0.3, 0.4) is 0 Å². The molecular formula is C26H26N4O6. The van der Waals surface area contributed by atoms with Crippen LogP contribution >= 0.6 is 0 Å². The Bertz CT molecular complexity index is 1180. The van der Waals surface area contributed by atoms with E-state index in [1.807, 2.05) is 34.3 Å². The highest BCUT2D eigenvalue weighted by molar-refractivity contribution is 6.10. The molecule has 10 heteroatoms. The van der Waals surface area contributed by atoms with Crippen molar-refractivity contribution in [3.05, 3.63) is 59.7 Å². The largest absolute Gasteiger partial charge is 0.497 e. The number of carbonyl (C=O) groups is 4. The molecule has 0 N–H and O–H groups in total. The second-order valence-corrected chi connectivity index (χ2v) is 9.61. The van der Waals surface area contributed by atoms with E-state index < -0.39 is 36.0 Å². The Hall–Kier alpha value is -3.76. The quantitative estimate of drug-likeness (QED) is 0.586. The third-order valence-corrected chi connectivity index (χ3v) is 8.08. The van der Waals surface area contributed by atoms with Gasteiger partial charge >= 0.3 is 0 Å². The Morgan fingerprint density at radius 1 is 0.528 bits per heavy atom. The molecule has 36 heavy (non-hydrogen) atoms. The molecule has 0 aliphatic carbocycles. The van der Waals surface area contributed by atoms with Crippen LogP contribution in [0.2, 0.25) is 0 Å². The second-order valence-electron chi connectivity index (χ2n) is 9.61. The number of rotatable bonds is 4. The number of hydrazine groups is 1. The molecule has 2 aromatic rings. The number of imide groups is 2. The van der Waals surface area contributed by atoms with Crippen LogP contribution in [0, 0.1) is 11.8 Å². The van der Waals surface area contributed by atoms with Gasteiger partial charge in [0.25, 0.3) is 0 Å². The Balaban J connectivity index is 1.55. The minimum Gasteiger partial charge on any atom is -0.497 e. The minimum atomic E-state index is -0.821. The van der Waals surface area contributed by atoms with Gasteiger partial charge in [0.1, 0.15) is 23.6 Å². The van der Waals surface area contributed by atoms with Gasteiger partial charge < -0.3 is 9.47 Å². The summed E-state index contributed by atoms with van der Waals surface area (Å²) in [7, 11) is 6.11. The second kappa shape index (κ2) is 7.87. The molecule has 6 rings (SSSR count). The summed E-state index contributed by atoms with van der Waals surface area (Å²) < 4.78 is 10.6. The number of likely N-dealkylation sites (N-methyl/N-ethyl adjacent to an activating group) is 2. The summed E-state index contributed by atoms with van der Waals surface area (Å²) >= 11 is 0. The number of carbonyl (C=O) groups excluding carboxylic acids is 4. The maximum atomic E-state index is 13.5. The van der Waals surface area contributed by atoms with Crippen LogP contribution in [0.4, 0.5) is 0 Å². The molecular weight excluding hydrogens is 464 g/mol. The van der Waals surface area contributed by atoms with E-state index in [0.717, 1.165) is 20.9 Å². The zero-order valence-electron chi connectivity index (χ0n) is 20.3. The summed E-state index contributed by atoms with van der Waals surface area (Å²) in [4.78, 5) is 56.1. The fourth-order valence-corrected chi connectivity index (χ4v) is 6.38. The SMILES string of the molecule is COc1ccc(C2C3C(=O)N(C)C(=O)C3N3C(c4ccc(OC)cc4)C4C(=O)N(C)C(=O)C4N23)cc1. The Morgan fingerprint density at radius 3 is 1.17 bits per heavy atom. The Labute approximate surface area is 207 Å². The third-order valence-electron chi connectivity index (χ3n) is 8.08. The van der Waals surface area contributed by atoms with Crippen molar-refractivity contribution in [2.45, 2.75) is 24.2 Å². The fraction of sp³-hybridized carbons (Fsp3) is 0.385. The van der Waals surface area contributed by atoms with E-state index in [4.69, 9.17) is 9.47 Å². The first-order chi connectivity index (χ1) is 17.3. The third kappa shape index (κ3) is 2.79. The molecule has 186 valence electrons. The lowest BCUT2D eigenvalue weighted by Gasteiger charge is -2.35. The maximum absolute atomic E-state index is 13.5. The lowest BCUT2D eigenvalue weighted by molar-refractivity contribution is -0.151. The molecule has 0 radical (unpaired) electrons. The van der Waals surface area contributed by atoms with Crippen LogP contribution in [-0.4, -0.2) is 83.8 Å². The van der Waals surface area contributed by atoms with Crippen molar-refractivity contribution in [3.63, 3.8) is 0 Å². The molecule has 4 saturated heterocycles. The minimum absolute atomic E-state index is 0.296. The van der Waals surface area contributed by atoms with E-state index in [2.05, 4.69) is 0 Å². The van der Waals surface area contributed by atoms with Gasteiger partial charge in [-0.3, -0.25) is 29.0 Å². The van der Waals surface area contributed by atoms with E-state index in [1.165, 1.54) is 14.1 Å². The zero-order chi connectivity index (χ0) is 25.5. The topological polar surface area (TPSA) is 99.7 Å². The molecule has 10 nitrogen and oxygen atoms in total. The number of nitrogens with zero attached hydrogens (tertiary/aromatic N) is 4. The van der Waals surface area contributed by atoms with Gasteiger partial charge in [0, 0.05) is 14.1 Å². The van der Waals surface area contributed by atoms with Gasteiger partial charge in [0.2, 0.25) is 23.6 Å². The highest BCUT2D eigenvalue weighted by Gasteiger charge is 2.72. The van der Waals surface area contributed by atoms with E-state index >= 15 is 0 Å². The van der Waals surface area contributed by atoms with E-state index in [1.54, 1.807) is 38.5 Å². The summed E-state index contributed by atoms with van der Waals surface area (Å²) in [6.07, 6.45) is 0. The Kier molecular flexibility index (Phi) is 4.96. The van der Waals surface area contributed by atoms with Crippen molar-refractivity contribution >= 4 is 23.6 Å². The van der Waals surface area contributed by atoms with Crippen LogP contribution in [0.25, 0.3) is 0 Å². The van der Waals surface area contributed by atoms with Crippen LogP contribution in [0.1, 0.15) is 23.2 Å². The molecule has 4 aliphatic heterocycles. The smallest absolute Gasteiger partial charge is 0.248 e. The molecule has 4 amide bonds. The van der Waals surface area contributed by atoms with Gasteiger partial charge in [0.05, 0.1) is 38.1 Å². The monoisotopic (exact) mass is 490 g/mol. The first kappa shape index (κ1) is 22.7. The molecule has 4 fully saturated rings. The lowest BCUT2D eigenvalue weighted by atomic mass is 9.84. The van der Waals surface area contributed by atoms with E-state index in [0.29, 0.717) is 11.5 Å². The molecule has 0 saturated carbocycles. The molecule has 4 aliphatic rings. The van der Waals surface area contributed by atoms with Crippen molar-refractivity contribution in [3.8, 4) is 11.5 Å². The van der Waals surface area contributed by atoms with Gasteiger partial charge in [-0.15, -0.1) is 0 Å². The number of methoxy groups -OCH3 is 2. The standard InChI is InChI=1S/C26H26N4O6/c1-27-23(31)17-19(13-5-9-15(35-3)10-6-13)30-22-18(24(32)28(2)26(22)34)20(29(30)21(17)25(27)33)14-7-11-16(36-4)12-8-14/h5-12,17-22H,1-4H3. The summed E-state index contributed by atoms with van der Waals surface area (Å²) in [5, 5.41) is 3.67. The average Bonchev–Trinajstić information content (AvgIpc) is 3.55. The predicted octanol–water partition coefficient (Wildman–Crippen LogP) is 0.999. The molecule has 0 aromatic heterocycles. The number of amides is 4. The van der Waals surface area contributed by atoms with Crippen molar-refractivity contribution in [1.29, 1.82) is 0 Å². The van der Waals surface area contributed by atoms with Gasteiger partial charge in [-0.1, -0.05) is 24.3 Å². The number of hydrogen-bond acceptors (Lipinski definition) is 8. The highest BCUT2D eigenvalue weighted by atomic mass is 16.5. The van der Waals surface area contributed by atoms with E-state index in [9.17, 15) is 19.2 Å². The maximum Gasteiger partial charge on any atom is 0.248 e. The van der Waals surface area contributed by atoms with Gasteiger partial charge in [-0.05, 0) is 35.4 Å². The summed E-state index contributed by atoms with van der Waals surface area (Å²) in [5.41, 5.74) is 1.54. The molecule has 2 aromatic carbocycles. The number of benzene rings is 2. The average molecular weight is 491 g/mol. The number of fused-ring (bicyclic) bond motifs is 5. The molecule has 0 bridgehead atoms. The van der Waals surface area contributed by atoms with Crippen molar-refractivity contribution in [1.82, 2.24) is 19.8 Å². The van der Waals surface area contributed by atoms with Crippen molar-refractivity contribution < 1.29 is 28.7 Å². The summed E-state index contributed by atoms with van der Waals surface area (Å²) in [5.74, 6) is -1.39. The Morgan fingerprint density at radius 2 is 0.861 bits per heavy atom. The van der Waals surface area contributed by atoms with Crippen LogP contribution < -0.4 is 9.47 Å². The normalized spacial score (nSPS) is 31.8. The first-order valence-corrected chi connectivity index (χ1v) is 11.8. The molecule has 6 unspecified atom stereocenters. The molecule has 0 spiro atoms. The van der Waals surface area contributed by atoms with Crippen LogP contribution in [0.5, 0.6) is 11.5 Å². The molecule has 4 heterocycles. The summed E-state index contributed by atoms with van der Waals surface area (Å²) in [6.45, 7) is 0. The van der Waals surface area contributed by atoms with Gasteiger partial charge in [-0.2, -0.15) is 0 Å². The van der Waals surface area contributed by atoms with Gasteiger partial charge in [0.15, 0.2) is 0 Å². The lowest BCUT2D eigenvalue weighted by Crippen LogP contribution is -2.49. The first-order valence-electron chi connectivity index (χ1n) is 11.8. The zero-order valence-corrected chi connectivity index (χ0v) is 20.3. The predicted molar refractivity (Wildman–Crippen MR) is 125 cm³/mol. The van der Waals surface area contributed by atoms with Crippen molar-refractivity contribution in [2.75, 3.05) is 28.3 Å². The number of hydrogen-bond donors (Lipinski definition) is 0. The highest BCUT2D eigenvalue weighted by Crippen LogP contribution is 2.58. The number of likely N-dealkylation sites (tertiary alicyclic amines) is 2. The molecule has 6 atom stereocenters. The number of ether oxygens (including phenoxy) is 2. The van der Waals surface area contributed by atoms with Crippen LogP contribution in [0.15, 0.2) is 48.5 Å². The fourth-order valence-electron chi connectivity index (χ4n) is 6.38. The van der Waals surface area contributed by atoms with Crippen molar-refractivity contribution in [2.24, 2.45) is 11.8 Å². The van der Waals surface area contributed by atoms with Gasteiger partial charge in [-0.25, -0.2) is 10.0 Å².